The molecule has 0 aromatic carbocycles. The molecule has 0 bridgehead atoms. The molecule has 0 spiro atoms. The van der Waals surface area contributed by atoms with Gasteiger partial charge in [-0.2, -0.15) is 0 Å². The van der Waals surface area contributed by atoms with Gasteiger partial charge in [0.1, 0.15) is 5.82 Å². The summed E-state index contributed by atoms with van der Waals surface area (Å²) in [6, 6.07) is 3.00. The van der Waals surface area contributed by atoms with Crippen LogP contribution in [-0.4, -0.2) is 22.5 Å². The molecule has 3 N–H and O–H groups in total. The Morgan fingerprint density at radius 1 is 1.47 bits per heavy atom. The molecule has 1 unspecified atom stereocenters. The lowest BCUT2D eigenvalue weighted by atomic mass is 9.84. The molecule has 0 amide bonds. The molecule has 1 heterocycles. The summed E-state index contributed by atoms with van der Waals surface area (Å²) in [5.74, 6) is 1.08. The van der Waals surface area contributed by atoms with Crippen LogP contribution in [0.25, 0.3) is 0 Å². The minimum atomic E-state index is -0.412. The van der Waals surface area contributed by atoms with Crippen LogP contribution in [-0.2, 0) is 0 Å². The minimum Gasteiger partial charge on any atom is -0.366 e. The molecule has 1 saturated carbocycles. The van der Waals surface area contributed by atoms with Crippen molar-refractivity contribution >= 4 is 11.5 Å². The topological polar surface area (TPSA) is 94.1 Å². The Labute approximate surface area is 112 Å². The van der Waals surface area contributed by atoms with Gasteiger partial charge in [-0.15, -0.1) is 0 Å². The Morgan fingerprint density at radius 3 is 2.84 bits per heavy atom. The lowest BCUT2D eigenvalue weighted by molar-refractivity contribution is -0.384. The van der Waals surface area contributed by atoms with Crippen LogP contribution in [0.5, 0.6) is 0 Å². The third-order valence-corrected chi connectivity index (χ3v) is 3.76. The average molecular weight is 264 g/mol. The van der Waals surface area contributed by atoms with E-state index in [1.807, 2.05) is 0 Å². The number of nitrogens with zero attached hydrogens (tertiary/aromatic N) is 2. The zero-order valence-corrected chi connectivity index (χ0v) is 10.9. The number of nitrogens with two attached hydrogens (primary N) is 1. The maximum atomic E-state index is 10.7. The minimum absolute atomic E-state index is 0.0527. The third kappa shape index (κ3) is 3.64. The van der Waals surface area contributed by atoms with E-state index in [-0.39, 0.29) is 11.7 Å². The van der Waals surface area contributed by atoms with E-state index in [9.17, 15) is 10.1 Å². The van der Waals surface area contributed by atoms with E-state index < -0.39 is 4.92 Å². The van der Waals surface area contributed by atoms with Crippen LogP contribution in [0.4, 0.5) is 11.5 Å². The van der Waals surface area contributed by atoms with Gasteiger partial charge >= 0.3 is 0 Å². The van der Waals surface area contributed by atoms with Gasteiger partial charge in [-0.05, 0) is 18.8 Å². The Hall–Kier alpha value is -1.69. The smallest absolute Gasteiger partial charge is 0.274 e. The zero-order valence-electron chi connectivity index (χ0n) is 10.9. The van der Waals surface area contributed by atoms with E-state index in [1.54, 1.807) is 0 Å². The van der Waals surface area contributed by atoms with Gasteiger partial charge in [0.2, 0.25) is 0 Å². The number of pyridine rings is 1. The SMILES string of the molecule is NCC(Nc1cc([N+](=O)[O-])ccn1)C1CCCCC1. The predicted molar refractivity (Wildman–Crippen MR) is 73.9 cm³/mol. The average Bonchev–Trinajstić information content (AvgIpc) is 2.46. The van der Waals surface area contributed by atoms with Crippen molar-refractivity contribution < 1.29 is 4.92 Å². The zero-order chi connectivity index (χ0) is 13.7. The van der Waals surface area contributed by atoms with Gasteiger partial charge in [0, 0.05) is 24.8 Å². The summed E-state index contributed by atoms with van der Waals surface area (Å²) in [6.07, 6.45) is 7.57. The molecule has 6 nitrogen and oxygen atoms in total. The fraction of sp³-hybridized carbons (Fsp3) is 0.615. The second kappa shape index (κ2) is 6.47. The van der Waals surface area contributed by atoms with Crippen LogP contribution in [0.15, 0.2) is 18.3 Å². The molecular weight excluding hydrogens is 244 g/mol. The number of aromatic nitrogens is 1. The first-order chi connectivity index (χ1) is 9.20. The lowest BCUT2D eigenvalue weighted by Gasteiger charge is -2.30. The number of hydrogen-bond acceptors (Lipinski definition) is 5. The summed E-state index contributed by atoms with van der Waals surface area (Å²) in [6.45, 7) is 0.523. The van der Waals surface area contributed by atoms with Gasteiger partial charge < -0.3 is 11.1 Å². The molecule has 0 saturated heterocycles. The van der Waals surface area contributed by atoms with Crippen LogP contribution in [0.2, 0.25) is 0 Å². The van der Waals surface area contributed by atoms with Crippen molar-refractivity contribution in [1.82, 2.24) is 4.98 Å². The molecule has 19 heavy (non-hydrogen) atoms. The molecule has 1 aliphatic carbocycles. The molecule has 1 fully saturated rings. The summed E-state index contributed by atoms with van der Waals surface area (Å²) >= 11 is 0. The van der Waals surface area contributed by atoms with Crippen molar-refractivity contribution in [3.05, 3.63) is 28.4 Å². The Morgan fingerprint density at radius 2 is 2.21 bits per heavy atom. The van der Waals surface area contributed by atoms with Crippen molar-refractivity contribution in [3.8, 4) is 0 Å². The van der Waals surface area contributed by atoms with E-state index in [0.29, 0.717) is 18.3 Å². The third-order valence-electron chi connectivity index (χ3n) is 3.76. The highest BCUT2D eigenvalue weighted by atomic mass is 16.6. The molecular formula is C13H20N4O2. The van der Waals surface area contributed by atoms with Crippen molar-refractivity contribution in [2.75, 3.05) is 11.9 Å². The van der Waals surface area contributed by atoms with Crippen LogP contribution < -0.4 is 11.1 Å². The molecule has 1 atom stereocenters. The quantitative estimate of drug-likeness (QED) is 0.628. The Kier molecular flexibility index (Phi) is 4.68. The van der Waals surface area contributed by atoms with Crippen LogP contribution in [0.1, 0.15) is 32.1 Å². The Balaban J connectivity index is 2.04. The second-order valence-electron chi connectivity index (χ2n) is 5.04. The fourth-order valence-corrected chi connectivity index (χ4v) is 2.71. The molecule has 1 aromatic heterocycles. The number of anilines is 1. The van der Waals surface area contributed by atoms with Crippen LogP contribution in [0.3, 0.4) is 0 Å². The molecule has 1 aliphatic rings. The molecule has 0 radical (unpaired) electrons. The summed E-state index contributed by atoms with van der Waals surface area (Å²) in [7, 11) is 0. The van der Waals surface area contributed by atoms with Gasteiger partial charge in [-0.25, -0.2) is 4.98 Å². The maximum Gasteiger partial charge on any atom is 0.274 e. The van der Waals surface area contributed by atoms with Gasteiger partial charge in [-0.1, -0.05) is 19.3 Å². The number of nitro groups is 1. The van der Waals surface area contributed by atoms with Gasteiger partial charge in [-0.3, -0.25) is 10.1 Å². The van der Waals surface area contributed by atoms with Crippen molar-refractivity contribution in [2.45, 2.75) is 38.1 Å². The van der Waals surface area contributed by atoms with E-state index >= 15 is 0 Å². The van der Waals surface area contributed by atoms with Crippen molar-refractivity contribution in [3.63, 3.8) is 0 Å². The monoisotopic (exact) mass is 264 g/mol. The second-order valence-corrected chi connectivity index (χ2v) is 5.04. The Bertz CT molecular complexity index is 432. The van der Waals surface area contributed by atoms with E-state index in [4.69, 9.17) is 5.73 Å². The van der Waals surface area contributed by atoms with Crippen LogP contribution in [0, 0.1) is 16.0 Å². The van der Waals surface area contributed by atoms with Gasteiger partial charge in [0.15, 0.2) is 0 Å². The highest BCUT2D eigenvalue weighted by Gasteiger charge is 2.23. The van der Waals surface area contributed by atoms with Gasteiger partial charge in [0.05, 0.1) is 11.0 Å². The molecule has 6 heteroatoms. The maximum absolute atomic E-state index is 10.7. The van der Waals surface area contributed by atoms with E-state index in [0.717, 1.165) is 0 Å². The van der Waals surface area contributed by atoms with Gasteiger partial charge in [0.25, 0.3) is 5.69 Å². The standard InChI is InChI=1S/C13H20N4O2/c14-9-12(10-4-2-1-3-5-10)16-13-8-11(17(18)19)6-7-15-13/h6-8,10,12H,1-5,9,14H2,(H,15,16). The van der Waals surface area contributed by atoms with E-state index in [2.05, 4.69) is 10.3 Å². The first-order valence-electron chi connectivity index (χ1n) is 6.77. The van der Waals surface area contributed by atoms with E-state index in [1.165, 1.54) is 50.4 Å². The molecule has 2 rings (SSSR count). The molecule has 0 aliphatic heterocycles. The largest absolute Gasteiger partial charge is 0.366 e. The van der Waals surface area contributed by atoms with Crippen LogP contribution >= 0.6 is 0 Å². The highest BCUT2D eigenvalue weighted by molar-refractivity contribution is 5.45. The fourth-order valence-electron chi connectivity index (χ4n) is 2.71. The van der Waals surface area contributed by atoms with Crippen molar-refractivity contribution in [1.29, 1.82) is 0 Å². The summed E-state index contributed by atoms with van der Waals surface area (Å²) in [5, 5.41) is 14.0. The first kappa shape index (κ1) is 13.7. The number of rotatable bonds is 5. The lowest BCUT2D eigenvalue weighted by Crippen LogP contribution is -2.37. The summed E-state index contributed by atoms with van der Waals surface area (Å²) in [5.41, 5.74) is 5.88. The normalized spacial score (nSPS) is 17.9. The predicted octanol–water partition coefficient (Wildman–Crippen LogP) is 2.31. The molecule has 104 valence electrons. The summed E-state index contributed by atoms with van der Waals surface area (Å²) in [4.78, 5) is 14.5. The highest BCUT2D eigenvalue weighted by Crippen LogP contribution is 2.28. The first-order valence-corrected chi connectivity index (χ1v) is 6.77. The molecule has 1 aromatic rings. The summed E-state index contributed by atoms with van der Waals surface area (Å²) < 4.78 is 0. The van der Waals surface area contributed by atoms with Crippen molar-refractivity contribution in [2.24, 2.45) is 11.7 Å². The number of hydrogen-bond donors (Lipinski definition) is 2. The number of nitrogens with one attached hydrogen (secondary N) is 1.